The van der Waals surface area contributed by atoms with Crippen LogP contribution in [-0.2, 0) is 6.54 Å². The largest absolute Gasteiger partial charge is 0.375 e. The fourth-order valence-corrected chi connectivity index (χ4v) is 2.53. The predicted molar refractivity (Wildman–Crippen MR) is 92.2 cm³/mol. The second kappa shape index (κ2) is 7.09. The first-order chi connectivity index (χ1) is 12.0. The summed E-state index contributed by atoms with van der Waals surface area (Å²) in [5.74, 6) is -2.07. The second-order valence-electron chi connectivity index (χ2n) is 5.46. The molecule has 126 valence electrons. The number of nitrogens with one attached hydrogen (secondary N) is 1. The second-order valence-corrected chi connectivity index (χ2v) is 5.46. The first-order valence-corrected chi connectivity index (χ1v) is 7.56. The molecule has 3 aromatic rings. The molecule has 0 fully saturated rings. The molecule has 0 saturated heterocycles. The minimum absolute atomic E-state index is 0.186. The number of nitro groups is 1. The van der Waals surface area contributed by atoms with E-state index < -0.39 is 22.2 Å². The average molecular weight is 340 g/mol. The molecule has 0 aliphatic carbocycles. The standard InChI is InChI=1S/C19H14F2N2O2/c20-16-10-17(21)19(23(24)25)18(11-16)22-12-13-6-8-15(9-7-13)14-4-2-1-3-5-14/h1-11,22H,12H2. The van der Waals surface area contributed by atoms with Gasteiger partial charge in [-0.25, -0.2) is 4.39 Å². The minimum atomic E-state index is -1.20. The van der Waals surface area contributed by atoms with Gasteiger partial charge in [0.25, 0.3) is 0 Å². The lowest BCUT2D eigenvalue weighted by atomic mass is 10.0. The van der Waals surface area contributed by atoms with Crippen LogP contribution in [-0.4, -0.2) is 4.92 Å². The van der Waals surface area contributed by atoms with Gasteiger partial charge in [0.05, 0.1) is 4.92 Å². The third-order valence-electron chi connectivity index (χ3n) is 3.75. The van der Waals surface area contributed by atoms with E-state index in [-0.39, 0.29) is 12.2 Å². The zero-order chi connectivity index (χ0) is 17.8. The molecular formula is C19H14F2N2O2. The molecule has 0 aliphatic heterocycles. The smallest absolute Gasteiger partial charge is 0.327 e. The van der Waals surface area contributed by atoms with E-state index in [1.54, 1.807) is 0 Å². The number of nitro benzene ring substituents is 1. The van der Waals surface area contributed by atoms with Crippen LogP contribution in [0, 0.1) is 21.7 Å². The van der Waals surface area contributed by atoms with Crippen LogP contribution in [0.2, 0.25) is 0 Å². The maximum Gasteiger partial charge on any atom is 0.327 e. The molecule has 0 bridgehead atoms. The Morgan fingerprint density at radius 3 is 2.20 bits per heavy atom. The van der Waals surface area contributed by atoms with E-state index in [9.17, 15) is 18.9 Å². The summed E-state index contributed by atoms with van der Waals surface area (Å²) in [6, 6.07) is 18.8. The van der Waals surface area contributed by atoms with Crippen molar-refractivity contribution < 1.29 is 13.7 Å². The van der Waals surface area contributed by atoms with Crippen LogP contribution in [0.4, 0.5) is 20.2 Å². The number of anilines is 1. The molecule has 3 aromatic carbocycles. The van der Waals surface area contributed by atoms with Crippen LogP contribution in [0.5, 0.6) is 0 Å². The summed E-state index contributed by atoms with van der Waals surface area (Å²) < 4.78 is 26.9. The van der Waals surface area contributed by atoms with Gasteiger partial charge in [0.1, 0.15) is 11.5 Å². The predicted octanol–water partition coefficient (Wildman–Crippen LogP) is 5.15. The van der Waals surface area contributed by atoms with Gasteiger partial charge in [-0.2, -0.15) is 4.39 Å². The molecule has 25 heavy (non-hydrogen) atoms. The SMILES string of the molecule is O=[N+]([O-])c1c(F)cc(F)cc1NCc1ccc(-c2ccccc2)cc1. The fourth-order valence-electron chi connectivity index (χ4n) is 2.53. The monoisotopic (exact) mass is 340 g/mol. The third kappa shape index (κ3) is 3.80. The Labute approximate surface area is 142 Å². The van der Waals surface area contributed by atoms with Gasteiger partial charge in [-0.1, -0.05) is 54.6 Å². The number of rotatable bonds is 5. The Morgan fingerprint density at radius 1 is 0.920 bits per heavy atom. The summed E-state index contributed by atoms with van der Waals surface area (Å²) in [4.78, 5) is 10.1. The Hall–Kier alpha value is -3.28. The van der Waals surface area contributed by atoms with Crippen molar-refractivity contribution in [1.82, 2.24) is 0 Å². The Kier molecular flexibility index (Phi) is 4.70. The number of hydrogen-bond acceptors (Lipinski definition) is 3. The van der Waals surface area contributed by atoms with Gasteiger partial charge in [-0.3, -0.25) is 10.1 Å². The molecule has 0 heterocycles. The topological polar surface area (TPSA) is 55.2 Å². The Morgan fingerprint density at radius 2 is 1.56 bits per heavy atom. The van der Waals surface area contributed by atoms with Crippen molar-refractivity contribution >= 4 is 11.4 Å². The zero-order valence-corrected chi connectivity index (χ0v) is 13.1. The van der Waals surface area contributed by atoms with E-state index in [1.165, 1.54) is 0 Å². The third-order valence-corrected chi connectivity index (χ3v) is 3.75. The van der Waals surface area contributed by atoms with Gasteiger partial charge < -0.3 is 5.32 Å². The maximum absolute atomic E-state index is 13.6. The number of benzene rings is 3. The van der Waals surface area contributed by atoms with Crippen LogP contribution in [0.25, 0.3) is 11.1 Å². The Balaban J connectivity index is 1.77. The molecule has 0 unspecified atom stereocenters. The van der Waals surface area contributed by atoms with Gasteiger partial charge >= 0.3 is 5.69 Å². The molecule has 0 spiro atoms. The molecule has 0 atom stereocenters. The molecule has 0 aliphatic rings. The fraction of sp³-hybridized carbons (Fsp3) is 0.0526. The highest BCUT2D eigenvalue weighted by molar-refractivity contribution is 5.64. The highest BCUT2D eigenvalue weighted by atomic mass is 19.1. The van der Waals surface area contributed by atoms with Crippen molar-refractivity contribution in [2.45, 2.75) is 6.54 Å². The van der Waals surface area contributed by atoms with E-state index in [0.717, 1.165) is 22.8 Å². The highest BCUT2D eigenvalue weighted by Crippen LogP contribution is 2.29. The van der Waals surface area contributed by atoms with Crippen LogP contribution in [0.15, 0.2) is 66.7 Å². The number of nitrogens with zero attached hydrogens (tertiary/aromatic N) is 1. The molecular weight excluding hydrogens is 326 g/mol. The lowest BCUT2D eigenvalue weighted by molar-refractivity contribution is -0.386. The molecule has 6 heteroatoms. The van der Waals surface area contributed by atoms with Crippen molar-refractivity contribution in [3.63, 3.8) is 0 Å². The maximum atomic E-state index is 13.6. The minimum Gasteiger partial charge on any atom is -0.375 e. The van der Waals surface area contributed by atoms with Gasteiger partial charge in [-0.05, 0) is 16.7 Å². The van der Waals surface area contributed by atoms with Gasteiger partial charge in [0.15, 0.2) is 0 Å². The van der Waals surface area contributed by atoms with E-state index in [0.29, 0.717) is 6.07 Å². The number of hydrogen-bond donors (Lipinski definition) is 1. The molecule has 0 amide bonds. The van der Waals surface area contributed by atoms with Crippen LogP contribution in [0.3, 0.4) is 0 Å². The molecule has 0 saturated carbocycles. The zero-order valence-electron chi connectivity index (χ0n) is 13.1. The van der Waals surface area contributed by atoms with Crippen LogP contribution < -0.4 is 5.32 Å². The first-order valence-electron chi connectivity index (χ1n) is 7.56. The van der Waals surface area contributed by atoms with E-state index >= 15 is 0 Å². The van der Waals surface area contributed by atoms with Gasteiger partial charge in [-0.15, -0.1) is 0 Å². The van der Waals surface area contributed by atoms with Crippen molar-refractivity contribution in [3.05, 3.63) is 94.0 Å². The van der Waals surface area contributed by atoms with Crippen molar-refractivity contribution in [3.8, 4) is 11.1 Å². The molecule has 0 radical (unpaired) electrons. The molecule has 0 aromatic heterocycles. The van der Waals surface area contributed by atoms with Crippen molar-refractivity contribution in [2.75, 3.05) is 5.32 Å². The van der Waals surface area contributed by atoms with Crippen molar-refractivity contribution in [1.29, 1.82) is 0 Å². The number of halogens is 2. The van der Waals surface area contributed by atoms with E-state index in [1.807, 2.05) is 54.6 Å². The van der Waals surface area contributed by atoms with E-state index in [4.69, 9.17) is 0 Å². The van der Waals surface area contributed by atoms with E-state index in [2.05, 4.69) is 5.32 Å². The van der Waals surface area contributed by atoms with Crippen LogP contribution >= 0.6 is 0 Å². The normalized spacial score (nSPS) is 10.5. The summed E-state index contributed by atoms with van der Waals surface area (Å²) in [6.45, 7) is 0.207. The summed E-state index contributed by atoms with van der Waals surface area (Å²) >= 11 is 0. The summed E-state index contributed by atoms with van der Waals surface area (Å²) in [5, 5.41) is 13.7. The lowest BCUT2D eigenvalue weighted by Gasteiger charge is -2.09. The first kappa shape index (κ1) is 16.6. The average Bonchev–Trinajstić information content (AvgIpc) is 2.60. The van der Waals surface area contributed by atoms with Gasteiger partial charge in [0, 0.05) is 18.7 Å². The quantitative estimate of drug-likeness (QED) is 0.516. The molecule has 4 nitrogen and oxygen atoms in total. The lowest BCUT2D eigenvalue weighted by Crippen LogP contribution is -2.05. The molecule has 1 N–H and O–H groups in total. The van der Waals surface area contributed by atoms with Crippen LogP contribution in [0.1, 0.15) is 5.56 Å². The highest BCUT2D eigenvalue weighted by Gasteiger charge is 2.21. The van der Waals surface area contributed by atoms with Crippen molar-refractivity contribution in [2.24, 2.45) is 0 Å². The molecule has 3 rings (SSSR count). The summed E-state index contributed by atoms with van der Waals surface area (Å²) in [7, 11) is 0. The van der Waals surface area contributed by atoms with Gasteiger partial charge in [0.2, 0.25) is 5.82 Å². The Bertz CT molecular complexity index is 897. The summed E-state index contributed by atoms with van der Waals surface area (Å²) in [6.07, 6.45) is 0. The summed E-state index contributed by atoms with van der Waals surface area (Å²) in [5.41, 5.74) is 1.99.